The zero-order valence-electron chi connectivity index (χ0n) is 12.1. The number of aromatic nitrogens is 3. The van der Waals surface area contributed by atoms with Crippen molar-refractivity contribution in [3.8, 4) is 0 Å². The Bertz CT molecular complexity index is 559. The number of carbonyl (C=O) groups is 2. The quantitative estimate of drug-likeness (QED) is 0.856. The molecule has 3 rings (SSSR count). The molecule has 2 saturated carbocycles. The van der Waals surface area contributed by atoms with E-state index in [-0.39, 0.29) is 23.6 Å². The average molecular weight is 292 g/mol. The number of carbonyl (C=O) groups excluding carboxylic acids is 1. The molecule has 7 nitrogen and oxygen atoms in total. The van der Waals surface area contributed by atoms with Crippen molar-refractivity contribution in [1.82, 2.24) is 20.3 Å². The fourth-order valence-corrected chi connectivity index (χ4v) is 2.98. The Kier molecular flexibility index (Phi) is 3.65. The predicted molar refractivity (Wildman–Crippen MR) is 74.1 cm³/mol. The molecule has 1 unspecified atom stereocenters. The van der Waals surface area contributed by atoms with E-state index in [9.17, 15) is 14.7 Å². The van der Waals surface area contributed by atoms with Crippen molar-refractivity contribution < 1.29 is 14.7 Å². The highest BCUT2D eigenvalue weighted by Gasteiger charge is 2.36. The number of aromatic carboxylic acids is 1. The van der Waals surface area contributed by atoms with E-state index in [1.54, 1.807) is 6.92 Å². The fourth-order valence-electron chi connectivity index (χ4n) is 2.98. The van der Waals surface area contributed by atoms with Gasteiger partial charge in [-0.2, -0.15) is 0 Å². The minimum Gasteiger partial charge on any atom is -0.476 e. The highest BCUT2D eigenvalue weighted by molar-refractivity contribution is 5.87. The third-order valence-corrected chi connectivity index (χ3v) is 4.34. The Hall–Kier alpha value is -1.92. The Morgan fingerprint density at radius 2 is 1.95 bits per heavy atom. The van der Waals surface area contributed by atoms with Crippen LogP contribution in [0.3, 0.4) is 0 Å². The van der Waals surface area contributed by atoms with E-state index >= 15 is 0 Å². The second-order valence-electron chi connectivity index (χ2n) is 6.01. The van der Waals surface area contributed by atoms with E-state index in [1.807, 2.05) is 0 Å². The summed E-state index contributed by atoms with van der Waals surface area (Å²) in [5.41, 5.74) is 0.578. The van der Waals surface area contributed by atoms with Gasteiger partial charge >= 0.3 is 5.97 Å². The number of rotatable bonds is 5. The molecule has 2 aliphatic rings. The van der Waals surface area contributed by atoms with E-state index in [0.29, 0.717) is 5.69 Å². The summed E-state index contributed by atoms with van der Waals surface area (Å²) in [4.78, 5) is 23.5. The van der Waals surface area contributed by atoms with Crippen LogP contribution in [-0.4, -0.2) is 38.0 Å². The standard InChI is InChI=1S/C14H20N4O3/c1-8(13(19)15-10-4-2-3-5-10)18-12(9-6-7-9)11(14(20)21)16-17-18/h8-10H,2-7H2,1H3,(H,15,19)(H,20,21). The Morgan fingerprint density at radius 3 is 2.52 bits per heavy atom. The first-order chi connectivity index (χ1) is 10.1. The SMILES string of the molecule is CC(C(=O)NC1CCCC1)n1nnc(C(=O)O)c1C1CC1. The van der Waals surface area contributed by atoms with Crippen molar-refractivity contribution in [1.29, 1.82) is 0 Å². The molecule has 0 bridgehead atoms. The van der Waals surface area contributed by atoms with Crippen molar-refractivity contribution in [2.24, 2.45) is 0 Å². The molecule has 0 aromatic carbocycles. The summed E-state index contributed by atoms with van der Waals surface area (Å²) in [7, 11) is 0. The number of amides is 1. The maximum absolute atomic E-state index is 12.3. The van der Waals surface area contributed by atoms with Gasteiger partial charge in [0.25, 0.3) is 0 Å². The molecule has 2 N–H and O–H groups in total. The molecule has 114 valence electrons. The molecule has 1 heterocycles. The molecular formula is C14H20N4O3. The molecule has 0 aliphatic heterocycles. The molecule has 1 aromatic rings. The highest BCUT2D eigenvalue weighted by atomic mass is 16.4. The van der Waals surface area contributed by atoms with Crippen LogP contribution in [0.15, 0.2) is 0 Å². The van der Waals surface area contributed by atoms with Crippen LogP contribution >= 0.6 is 0 Å². The molecule has 1 amide bonds. The second-order valence-corrected chi connectivity index (χ2v) is 6.01. The monoisotopic (exact) mass is 292 g/mol. The third-order valence-electron chi connectivity index (χ3n) is 4.34. The highest BCUT2D eigenvalue weighted by Crippen LogP contribution is 2.42. The van der Waals surface area contributed by atoms with Gasteiger partial charge in [-0.25, -0.2) is 9.48 Å². The fraction of sp³-hybridized carbons (Fsp3) is 0.714. The molecule has 0 saturated heterocycles. The van der Waals surface area contributed by atoms with Gasteiger partial charge < -0.3 is 10.4 Å². The lowest BCUT2D eigenvalue weighted by atomic mass is 10.2. The Balaban J connectivity index is 1.78. The van der Waals surface area contributed by atoms with Gasteiger partial charge in [0.05, 0.1) is 5.69 Å². The molecule has 0 radical (unpaired) electrons. The summed E-state index contributed by atoms with van der Waals surface area (Å²) in [5, 5.41) is 19.9. The molecule has 1 aromatic heterocycles. The van der Waals surface area contributed by atoms with E-state index in [2.05, 4.69) is 15.6 Å². The number of hydrogen-bond donors (Lipinski definition) is 2. The van der Waals surface area contributed by atoms with Gasteiger partial charge in [0, 0.05) is 12.0 Å². The molecule has 1 atom stereocenters. The van der Waals surface area contributed by atoms with Crippen molar-refractivity contribution >= 4 is 11.9 Å². The first kappa shape index (κ1) is 14.0. The number of hydrogen-bond acceptors (Lipinski definition) is 4. The molecule has 0 spiro atoms. The van der Waals surface area contributed by atoms with Gasteiger partial charge in [-0.15, -0.1) is 5.10 Å². The lowest BCUT2D eigenvalue weighted by Crippen LogP contribution is -2.38. The van der Waals surface area contributed by atoms with Crippen molar-refractivity contribution in [3.05, 3.63) is 11.4 Å². The van der Waals surface area contributed by atoms with Gasteiger partial charge in [-0.3, -0.25) is 4.79 Å². The van der Waals surface area contributed by atoms with Gasteiger partial charge in [0.15, 0.2) is 5.69 Å². The molecule has 7 heteroatoms. The lowest BCUT2D eigenvalue weighted by molar-refractivity contribution is -0.124. The topological polar surface area (TPSA) is 97.1 Å². The number of nitrogens with one attached hydrogen (secondary N) is 1. The van der Waals surface area contributed by atoms with Crippen LogP contribution in [0.5, 0.6) is 0 Å². The predicted octanol–water partition coefficient (Wildman–Crippen LogP) is 1.47. The maximum atomic E-state index is 12.3. The second kappa shape index (κ2) is 5.46. The van der Waals surface area contributed by atoms with Crippen LogP contribution in [0.4, 0.5) is 0 Å². The summed E-state index contributed by atoms with van der Waals surface area (Å²) >= 11 is 0. The normalized spacial score (nSPS) is 20.4. The number of nitrogens with zero attached hydrogens (tertiary/aromatic N) is 3. The average Bonchev–Trinajstić information content (AvgIpc) is 2.99. The van der Waals surface area contributed by atoms with Crippen molar-refractivity contribution in [3.63, 3.8) is 0 Å². The molecular weight excluding hydrogens is 272 g/mol. The molecule has 2 fully saturated rings. The van der Waals surface area contributed by atoms with Crippen LogP contribution < -0.4 is 5.32 Å². The smallest absolute Gasteiger partial charge is 0.358 e. The van der Waals surface area contributed by atoms with Crippen molar-refractivity contribution in [2.75, 3.05) is 0 Å². The summed E-state index contributed by atoms with van der Waals surface area (Å²) in [6.07, 6.45) is 6.21. The summed E-state index contributed by atoms with van der Waals surface area (Å²) in [5.74, 6) is -1.01. The van der Waals surface area contributed by atoms with Crippen LogP contribution in [0.25, 0.3) is 0 Å². The van der Waals surface area contributed by atoms with E-state index < -0.39 is 12.0 Å². The maximum Gasteiger partial charge on any atom is 0.358 e. The zero-order chi connectivity index (χ0) is 15.0. The van der Waals surface area contributed by atoms with Gasteiger partial charge in [-0.05, 0) is 32.6 Å². The third kappa shape index (κ3) is 2.77. The molecule has 2 aliphatic carbocycles. The number of carboxylic acid groups (broad SMARTS) is 1. The first-order valence-corrected chi connectivity index (χ1v) is 7.56. The van der Waals surface area contributed by atoms with Crippen LogP contribution in [0.1, 0.15) is 73.6 Å². The zero-order valence-corrected chi connectivity index (χ0v) is 12.1. The molecule has 21 heavy (non-hydrogen) atoms. The van der Waals surface area contributed by atoms with Crippen LogP contribution in [0, 0.1) is 0 Å². The van der Waals surface area contributed by atoms with Crippen LogP contribution in [0.2, 0.25) is 0 Å². The van der Waals surface area contributed by atoms with E-state index in [4.69, 9.17) is 0 Å². The summed E-state index contributed by atoms with van der Waals surface area (Å²) < 4.78 is 1.49. The summed E-state index contributed by atoms with van der Waals surface area (Å²) in [6, 6.07) is -0.284. The minimum absolute atomic E-state index is 0.0157. The minimum atomic E-state index is -1.08. The Labute approximate surface area is 122 Å². The Morgan fingerprint density at radius 1 is 1.29 bits per heavy atom. The largest absolute Gasteiger partial charge is 0.476 e. The van der Waals surface area contributed by atoms with E-state index in [0.717, 1.165) is 38.5 Å². The van der Waals surface area contributed by atoms with Gasteiger partial charge in [0.2, 0.25) is 5.91 Å². The lowest BCUT2D eigenvalue weighted by Gasteiger charge is -2.18. The number of carboxylic acids is 1. The van der Waals surface area contributed by atoms with Gasteiger partial charge in [-0.1, -0.05) is 18.1 Å². The van der Waals surface area contributed by atoms with E-state index in [1.165, 1.54) is 4.68 Å². The first-order valence-electron chi connectivity index (χ1n) is 7.56. The van der Waals surface area contributed by atoms with Crippen molar-refractivity contribution in [2.45, 2.75) is 63.5 Å². The summed E-state index contributed by atoms with van der Waals surface area (Å²) in [6.45, 7) is 1.75. The van der Waals surface area contributed by atoms with Gasteiger partial charge in [0.1, 0.15) is 6.04 Å². The van der Waals surface area contributed by atoms with Crippen LogP contribution in [-0.2, 0) is 4.79 Å².